The van der Waals surface area contributed by atoms with Gasteiger partial charge in [0.25, 0.3) is 0 Å². The largest absolute Gasteiger partial charge is 0.493 e. The number of aliphatic hydroxyl groups excluding tert-OH is 1. The lowest BCUT2D eigenvalue weighted by Gasteiger charge is -2.23. The van der Waals surface area contributed by atoms with Crippen LogP contribution in [0.1, 0.15) is 29.2 Å². The minimum Gasteiger partial charge on any atom is -0.493 e. The van der Waals surface area contributed by atoms with Gasteiger partial charge >= 0.3 is 0 Å². The third-order valence-corrected chi connectivity index (χ3v) is 3.88. The van der Waals surface area contributed by atoms with E-state index in [0.717, 1.165) is 30.5 Å². The summed E-state index contributed by atoms with van der Waals surface area (Å²) < 4.78 is 33.1. The molecule has 2 aromatic rings. The highest BCUT2D eigenvalue weighted by molar-refractivity contribution is 6.30. The van der Waals surface area contributed by atoms with Gasteiger partial charge in [0.1, 0.15) is 23.5 Å². The average molecular weight is 311 g/mol. The fourth-order valence-corrected chi connectivity index (χ4v) is 2.70. The molecule has 0 saturated carbocycles. The van der Waals surface area contributed by atoms with E-state index in [2.05, 4.69) is 0 Å². The summed E-state index contributed by atoms with van der Waals surface area (Å²) in [6.45, 7) is 0.550. The third kappa shape index (κ3) is 2.61. The Bertz CT molecular complexity index is 688. The molecule has 0 aliphatic carbocycles. The van der Waals surface area contributed by atoms with Gasteiger partial charge < -0.3 is 9.84 Å². The lowest BCUT2D eigenvalue weighted by molar-refractivity contribution is 0.202. The van der Waals surface area contributed by atoms with Gasteiger partial charge in [-0.05, 0) is 30.5 Å². The van der Waals surface area contributed by atoms with E-state index in [4.69, 9.17) is 16.3 Å². The SMILES string of the molecule is OC(c1cc(F)c(Cl)cc1F)c1cccc2c1OCCC2. The van der Waals surface area contributed by atoms with Gasteiger partial charge in [-0.15, -0.1) is 0 Å². The number of para-hydroxylation sites is 1. The van der Waals surface area contributed by atoms with Crippen molar-refractivity contribution in [1.29, 1.82) is 0 Å². The summed E-state index contributed by atoms with van der Waals surface area (Å²) in [5.41, 5.74) is 1.25. The van der Waals surface area contributed by atoms with Gasteiger partial charge in [0.15, 0.2) is 0 Å². The Kier molecular flexibility index (Phi) is 3.83. The summed E-state index contributed by atoms with van der Waals surface area (Å²) in [6, 6.07) is 7.12. The van der Waals surface area contributed by atoms with Crippen LogP contribution in [-0.2, 0) is 6.42 Å². The second kappa shape index (κ2) is 5.62. The van der Waals surface area contributed by atoms with E-state index < -0.39 is 17.7 Å². The summed E-state index contributed by atoms with van der Waals surface area (Å²) in [5, 5.41) is 10.1. The first-order valence-corrected chi connectivity index (χ1v) is 7.03. The van der Waals surface area contributed by atoms with E-state index in [9.17, 15) is 13.9 Å². The molecule has 1 atom stereocenters. The van der Waals surface area contributed by atoms with Crippen molar-refractivity contribution < 1.29 is 18.6 Å². The molecule has 5 heteroatoms. The molecular weight excluding hydrogens is 298 g/mol. The van der Waals surface area contributed by atoms with Crippen LogP contribution in [0, 0.1) is 11.6 Å². The van der Waals surface area contributed by atoms with Crippen molar-refractivity contribution in [3.8, 4) is 5.75 Å². The molecule has 2 aromatic carbocycles. The number of ether oxygens (including phenoxy) is 1. The molecule has 0 radical (unpaired) electrons. The highest BCUT2D eigenvalue weighted by Gasteiger charge is 2.24. The molecule has 3 rings (SSSR count). The maximum Gasteiger partial charge on any atom is 0.142 e. The topological polar surface area (TPSA) is 29.5 Å². The van der Waals surface area contributed by atoms with Crippen molar-refractivity contribution in [3.63, 3.8) is 0 Å². The summed E-state index contributed by atoms with van der Waals surface area (Å²) in [6.07, 6.45) is 0.439. The summed E-state index contributed by atoms with van der Waals surface area (Å²) in [4.78, 5) is 0. The van der Waals surface area contributed by atoms with Crippen LogP contribution in [-0.4, -0.2) is 11.7 Å². The summed E-state index contributed by atoms with van der Waals surface area (Å²) >= 11 is 5.53. The smallest absolute Gasteiger partial charge is 0.142 e. The van der Waals surface area contributed by atoms with E-state index in [1.807, 2.05) is 6.07 Å². The van der Waals surface area contributed by atoms with E-state index >= 15 is 0 Å². The van der Waals surface area contributed by atoms with E-state index in [1.54, 1.807) is 12.1 Å². The number of benzene rings is 2. The molecule has 0 amide bonds. The Morgan fingerprint density at radius 1 is 1.14 bits per heavy atom. The summed E-state index contributed by atoms with van der Waals surface area (Å²) in [5.74, 6) is -0.953. The van der Waals surface area contributed by atoms with Gasteiger partial charge in [-0.1, -0.05) is 29.8 Å². The van der Waals surface area contributed by atoms with Crippen molar-refractivity contribution in [2.24, 2.45) is 0 Å². The van der Waals surface area contributed by atoms with Gasteiger partial charge in [-0.3, -0.25) is 0 Å². The number of aliphatic hydroxyl groups is 1. The quantitative estimate of drug-likeness (QED) is 0.849. The molecule has 0 aromatic heterocycles. The second-order valence-electron chi connectivity index (χ2n) is 4.98. The van der Waals surface area contributed by atoms with Gasteiger partial charge in [0, 0.05) is 11.1 Å². The molecule has 1 aliphatic heterocycles. The zero-order chi connectivity index (χ0) is 15.0. The predicted molar refractivity (Wildman–Crippen MR) is 75.7 cm³/mol. The maximum absolute atomic E-state index is 13.9. The predicted octanol–water partition coefficient (Wildman–Crippen LogP) is 4.02. The standard InChI is InChI=1S/C16H13ClF2O2/c17-12-8-13(18)11(7-14(12)19)15(20)10-5-1-3-9-4-2-6-21-16(9)10/h1,3,5,7-8,15,20H,2,4,6H2. The minimum atomic E-state index is -1.30. The fraction of sp³-hybridized carbons (Fsp3) is 0.250. The molecule has 110 valence electrons. The Hall–Kier alpha value is -1.65. The average Bonchev–Trinajstić information content (AvgIpc) is 2.49. The first-order valence-electron chi connectivity index (χ1n) is 6.65. The van der Waals surface area contributed by atoms with Crippen LogP contribution in [0.3, 0.4) is 0 Å². The van der Waals surface area contributed by atoms with Crippen LogP contribution in [0.4, 0.5) is 8.78 Å². The number of halogens is 3. The van der Waals surface area contributed by atoms with E-state index in [1.165, 1.54) is 0 Å². The molecule has 2 nitrogen and oxygen atoms in total. The molecule has 0 fully saturated rings. The highest BCUT2D eigenvalue weighted by Crippen LogP contribution is 2.37. The Labute approximate surface area is 125 Å². The Morgan fingerprint density at radius 2 is 1.95 bits per heavy atom. The molecule has 0 spiro atoms. The fourth-order valence-electron chi connectivity index (χ4n) is 2.54. The first-order chi connectivity index (χ1) is 10.1. The van der Waals surface area contributed by atoms with Crippen molar-refractivity contribution in [3.05, 3.63) is 63.7 Å². The van der Waals surface area contributed by atoms with Crippen molar-refractivity contribution in [2.75, 3.05) is 6.61 Å². The van der Waals surface area contributed by atoms with Crippen molar-refractivity contribution >= 4 is 11.6 Å². The van der Waals surface area contributed by atoms with Crippen LogP contribution >= 0.6 is 11.6 Å². The monoisotopic (exact) mass is 310 g/mol. The highest BCUT2D eigenvalue weighted by atomic mass is 35.5. The minimum absolute atomic E-state index is 0.153. The molecule has 1 heterocycles. The molecule has 0 saturated heterocycles. The van der Waals surface area contributed by atoms with Crippen LogP contribution in [0.15, 0.2) is 30.3 Å². The Morgan fingerprint density at radius 3 is 2.76 bits per heavy atom. The number of fused-ring (bicyclic) bond motifs is 1. The molecule has 1 N–H and O–H groups in total. The summed E-state index contributed by atoms with van der Waals surface area (Å²) in [7, 11) is 0. The van der Waals surface area contributed by atoms with Gasteiger partial charge in [-0.25, -0.2) is 8.78 Å². The maximum atomic E-state index is 13.9. The molecular formula is C16H13ClF2O2. The van der Waals surface area contributed by atoms with Crippen LogP contribution in [0.25, 0.3) is 0 Å². The molecule has 1 aliphatic rings. The second-order valence-corrected chi connectivity index (χ2v) is 5.39. The van der Waals surface area contributed by atoms with E-state index in [-0.39, 0.29) is 10.6 Å². The molecule has 0 bridgehead atoms. The number of aryl methyl sites for hydroxylation is 1. The van der Waals surface area contributed by atoms with Crippen molar-refractivity contribution in [2.45, 2.75) is 18.9 Å². The first kappa shape index (κ1) is 14.3. The zero-order valence-electron chi connectivity index (χ0n) is 11.1. The Balaban J connectivity index is 2.07. The molecule has 21 heavy (non-hydrogen) atoms. The molecule has 1 unspecified atom stereocenters. The van der Waals surface area contributed by atoms with Gasteiger partial charge in [-0.2, -0.15) is 0 Å². The van der Waals surface area contributed by atoms with Gasteiger partial charge in [0.05, 0.1) is 11.6 Å². The number of hydrogen-bond donors (Lipinski definition) is 1. The van der Waals surface area contributed by atoms with E-state index in [0.29, 0.717) is 17.9 Å². The normalized spacial score (nSPS) is 15.2. The number of hydrogen-bond acceptors (Lipinski definition) is 2. The zero-order valence-corrected chi connectivity index (χ0v) is 11.8. The third-order valence-electron chi connectivity index (χ3n) is 3.59. The van der Waals surface area contributed by atoms with Crippen LogP contribution in [0.2, 0.25) is 5.02 Å². The van der Waals surface area contributed by atoms with Crippen LogP contribution in [0.5, 0.6) is 5.75 Å². The lowest BCUT2D eigenvalue weighted by Crippen LogP contribution is -2.13. The van der Waals surface area contributed by atoms with Crippen LogP contribution < -0.4 is 4.74 Å². The lowest BCUT2D eigenvalue weighted by atomic mass is 9.95. The van der Waals surface area contributed by atoms with Gasteiger partial charge in [0.2, 0.25) is 0 Å². The van der Waals surface area contributed by atoms with Crippen molar-refractivity contribution in [1.82, 2.24) is 0 Å². The number of rotatable bonds is 2.